The maximum Gasteiger partial charge on any atom is 0.339 e. The Balaban J connectivity index is 2.54. The van der Waals surface area contributed by atoms with Crippen molar-refractivity contribution < 1.29 is 19.4 Å². The summed E-state index contributed by atoms with van der Waals surface area (Å²) in [5, 5.41) is 10.3. The maximum atomic E-state index is 11.8. The molecule has 0 saturated carbocycles. The van der Waals surface area contributed by atoms with Crippen LogP contribution >= 0.6 is 0 Å². The Bertz CT molecular complexity index is 439. The van der Waals surface area contributed by atoms with Crippen LogP contribution in [0.25, 0.3) is 0 Å². The third-order valence-corrected chi connectivity index (χ3v) is 3.01. The first kappa shape index (κ1) is 11.9. The van der Waals surface area contributed by atoms with E-state index >= 15 is 0 Å². The summed E-state index contributed by atoms with van der Waals surface area (Å²) < 4.78 is 10.4. The molecule has 1 heterocycles. The number of aliphatic hydroxyl groups excluding tert-OH is 1. The molecule has 1 aromatic carbocycles. The van der Waals surface area contributed by atoms with E-state index in [0.29, 0.717) is 16.9 Å². The molecule has 0 saturated heterocycles. The van der Waals surface area contributed by atoms with Gasteiger partial charge in [0.25, 0.3) is 0 Å². The third-order valence-electron chi connectivity index (χ3n) is 3.01. The summed E-state index contributed by atoms with van der Waals surface area (Å²) in [6.45, 7) is 3.81. The zero-order chi connectivity index (χ0) is 12.6. The molecule has 0 radical (unpaired) electrons. The van der Waals surface area contributed by atoms with E-state index in [0.717, 1.165) is 0 Å². The van der Waals surface area contributed by atoms with Gasteiger partial charge < -0.3 is 14.6 Å². The molecule has 92 valence electrons. The fourth-order valence-corrected chi connectivity index (χ4v) is 2.12. The monoisotopic (exact) mass is 236 g/mol. The van der Waals surface area contributed by atoms with Gasteiger partial charge in [-0.25, -0.2) is 4.79 Å². The minimum absolute atomic E-state index is 0.0482. The quantitative estimate of drug-likeness (QED) is 0.797. The summed E-state index contributed by atoms with van der Waals surface area (Å²) in [5.74, 6) is 0.173. The van der Waals surface area contributed by atoms with Gasteiger partial charge in [-0.2, -0.15) is 0 Å². The van der Waals surface area contributed by atoms with Gasteiger partial charge in [0, 0.05) is 5.56 Å². The molecule has 2 atom stereocenters. The molecule has 0 aromatic heterocycles. The van der Waals surface area contributed by atoms with Crippen molar-refractivity contribution in [2.75, 3.05) is 7.11 Å². The topological polar surface area (TPSA) is 55.8 Å². The first-order chi connectivity index (χ1) is 8.06. The second-order valence-corrected chi connectivity index (χ2v) is 4.48. The predicted molar refractivity (Wildman–Crippen MR) is 62.0 cm³/mol. The van der Waals surface area contributed by atoms with Gasteiger partial charge in [-0.3, -0.25) is 0 Å². The number of aliphatic hydroxyl groups is 1. The molecule has 0 amide bonds. The number of ether oxygens (including phenoxy) is 2. The summed E-state index contributed by atoms with van der Waals surface area (Å²) in [5.41, 5.74) is 0.915. The Labute approximate surface area is 100 Å². The Hall–Kier alpha value is -1.55. The molecule has 4 heteroatoms. The minimum atomic E-state index is -0.834. The second-order valence-electron chi connectivity index (χ2n) is 4.48. The molecule has 1 aliphatic heterocycles. The molecule has 0 fully saturated rings. The highest BCUT2D eigenvalue weighted by Gasteiger charge is 2.38. The number of methoxy groups -OCH3 is 1. The molecule has 0 bridgehead atoms. The first-order valence-electron chi connectivity index (χ1n) is 5.62. The van der Waals surface area contributed by atoms with Crippen LogP contribution in [0.2, 0.25) is 0 Å². The Kier molecular flexibility index (Phi) is 3.07. The lowest BCUT2D eigenvalue weighted by Gasteiger charge is -2.32. The number of carbonyl (C=O) groups is 1. The van der Waals surface area contributed by atoms with Crippen molar-refractivity contribution in [1.82, 2.24) is 0 Å². The SMILES string of the molecule is COc1cccc2c1[C@@H](O)[C@@H](C(C)C)OC2=O. The predicted octanol–water partition coefficient (Wildman–Crippen LogP) is 1.92. The molecule has 2 rings (SSSR count). The molecular weight excluding hydrogens is 220 g/mol. The highest BCUT2D eigenvalue weighted by atomic mass is 16.6. The third kappa shape index (κ3) is 1.89. The van der Waals surface area contributed by atoms with Crippen molar-refractivity contribution in [1.29, 1.82) is 0 Å². The van der Waals surface area contributed by atoms with Gasteiger partial charge in [-0.15, -0.1) is 0 Å². The van der Waals surface area contributed by atoms with E-state index in [2.05, 4.69) is 0 Å². The molecule has 1 aliphatic rings. The van der Waals surface area contributed by atoms with Crippen LogP contribution in [0, 0.1) is 5.92 Å². The van der Waals surface area contributed by atoms with Crippen molar-refractivity contribution in [2.45, 2.75) is 26.1 Å². The highest BCUT2D eigenvalue weighted by Crippen LogP contribution is 2.38. The van der Waals surface area contributed by atoms with Crippen molar-refractivity contribution >= 4 is 5.97 Å². The van der Waals surface area contributed by atoms with Gasteiger partial charge >= 0.3 is 5.97 Å². The highest BCUT2D eigenvalue weighted by molar-refractivity contribution is 5.93. The van der Waals surface area contributed by atoms with Crippen molar-refractivity contribution in [2.24, 2.45) is 5.92 Å². The molecule has 1 N–H and O–H groups in total. The summed E-state index contributed by atoms with van der Waals surface area (Å²) in [6, 6.07) is 5.08. The van der Waals surface area contributed by atoms with Crippen LogP contribution in [0.4, 0.5) is 0 Å². The van der Waals surface area contributed by atoms with Crippen LogP contribution in [0.3, 0.4) is 0 Å². The van der Waals surface area contributed by atoms with Crippen LogP contribution in [0.15, 0.2) is 18.2 Å². The molecule has 17 heavy (non-hydrogen) atoms. The van der Waals surface area contributed by atoms with Crippen LogP contribution in [-0.4, -0.2) is 24.3 Å². The van der Waals surface area contributed by atoms with Gasteiger partial charge in [0.2, 0.25) is 0 Å². The number of rotatable bonds is 2. The number of carbonyl (C=O) groups excluding carboxylic acids is 1. The number of cyclic esters (lactones) is 1. The van der Waals surface area contributed by atoms with Crippen LogP contribution in [0.5, 0.6) is 5.75 Å². The van der Waals surface area contributed by atoms with E-state index in [9.17, 15) is 9.90 Å². The zero-order valence-electron chi connectivity index (χ0n) is 10.1. The van der Waals surface area contributed by atoms with E-state index in [1.807, 2.05) is 13.8 Å². The first-order valence-corrected chi connectivity index (χ1v) is 5.62. The molecule has 0 spiro atoms. The number of hydrogen-bond donors (Lipinski definition) is 1. The van der Waals surface area contributed by atoms with Crippen LogP contribution in [0.1, 0.15) is 35.9 Å². The van der Waals surface area contributed by atoms with Gasteiger partial charge in [0.15, 0.2) is 0 Å². The zero-order valence-corrected chi connectivity index (χ0v) is 10.1. The standard InChI is InChI=1S/C13H16O4/c1-7(2)12-11(14)10-8(13(15)17-12)5-4-6-9(10)16-3/h4-7,11-12,14H,1-3H3/t11-,12-/m1/s1. The lowest BCUT2D eigenvalue weighted by molar-refractivity contribution is -0.0485. The van der Waals surface area contributed by atoms with Crippen molar-refractivity contribution in [3.63, 3.8) is 0 Å². The van der Waals surface area contributed by atoms with Gasteiger partial charge in [-0.1, -0.05) is 19.9 Å². The van der Waals surface area contributed by atoms with Crippen LogP contribution < -0.4 is 4.74 Å². The largest absolute Gasteiger partial charge is 0.496 e. The number of fused-ring (bicyclic) bond motifs is 1. The molecule has 4 nitrogen and oxygen atoms in total. The van der Waals surface area contributed by atoms with E-state index in [4.69, 9.17) is 9.47 Å². The normalized spacial score (nSPS) is 23.2. The lowest BCUT2D eigenvalue weighted by atomic mass is 9.89. The number of hydrogen-bond acceptors (Lipinski definition) is 4. The Morgan fingerprint density at radius 2 is 2.12 bits per heavy atom. The molecule has 1 aromatic rings. The fraction of sp³-hybridized carbons (Fsp3) is 0.462. The van der Waals surface area contributed by atoms with E-state index in [1.54, 1.807) is 18.2 Å². The number of esters is 1. The van der Waals surface area contributed by atoms with E-state index < -0.39 is 18.2 Å². The fourth-order valence-electron chi connectivity index (χ4n) is 2.12. The lowest BCUT2D eigenvalue weighted by Crippen LogP contribution is -2.36. The Morgan fingerprint density at radius 1 is 1.41 bits per heavy atom. The van der Waals surface area contributed by atoms with Gasteiger partial charge in [0.1, 0.15) is 18.0 Å². The minimum Gasteiger partial charge on any atom is -0.496 e. The molecule has 0 aliphatic carbocycles. The summed E-state index contributed by atoms with van der Waals surface area (Å²) in [4.78, 5) is 11.8. The van der Waals surface area contributed by atoms with Gasteiger partial charge in [-0.05, 0) is 18.1 Å². The maximum absolute atomic E-state index is 11.8. The van der Waals surface area contributed by atoms with Crippen molar-refractivity contribution in [3.05, 3.63) is 29.3 Å². The summed E-state index contributed by atoms with van der Waals surface area (Å²) in [6.07, 6.45) is -1.36. The average molecular weight is 236 g/mol. The smallest absolute Gasteiger partial charge is 0.339 e. The van der Waals surface area contributed by atoms with Crippen molar-refractivity contribution in [3.8, 4) is 5.75 Å². The van der Waals surface area contributed by atoms with E-state index in [-0.39, 0.29) is 5.92 Å². The Morgan fingerprint density at radius 3 is 2.71 bits per heavy atom. The summed E-state index contributed by atoms with van der Waals surface area (Å²) in [7, 11) is 1.52. The van der Waals surface area contributed by atoms with Crippen LogP contribution in [-0.2, 0) is 4.74 Å². The summed E-state index contributed by atoms with van der Waals surface area (Å²) >= 11 is 0. The van der Waals surface area contributed by atoms with E-state index in [1.165, 1.54) is 7.11 Å². The molecular formula is C13H16O4. The second kappa shape index (κ2) is 4.37. The molecule has 0 unspecified atom stereocenters. The van der Waals surface area contributed by atoms with Gasteiger partial charge in [0.05, 0.1) is 12.7 Å². The number of benzene rings is 1. The average Bonchev–Trinajstić information content (AvgIpc) is 2.32.